The highest BCUT2D eigenvalue weighted by molar-refractivity contribution is 8.06. The Balaban J connectivity index is 2.26. The second-order valence-electron chi connectivity index (χ2n) is 4.43. The minimum Gasteiger partial charge on any atom is -0.326 e. The van der Waals surface area contributed by atoms with Gasteiger partial charge in [-0.15, -0.1) is 11.8 Å². The Hall–Kier alpha value is -0.260. The molecule has 1 atom stereocenters. The number of nitrogens with zero attached hydrogens (tertiary/aromatic N) is 2. The van der Waals surface area contributed by atoms with E-state index < -0.39 is 0 Å². The first-order valence-corrected chi connectivity index (χ1v) is 8.17. The lowest BCUT2D eigenvalue weighted by molar-refractivity contribution is 0.757. The molecule has 1 saturated heterocycles. The van der Waals surface area contributed by atoms with Crippen LogP contribution in [0.15, 0.2) is 6.20 Å². The Kier molecular flexibility index (Phi) is 4.70. The van der Waals surface area contributed by atoms with Crippen LogP contribution in [0.2, 0.25) is 0 Å². The molecule has 94 valence electrons. The van der Waals surface area contributed by atoms with E-state index >= 15 is 0 Å². The molecule has 0 aromatic carbocycles. The number of hydrogen-bond donors (Lipinski definition) is 1. The Morgan fingerprint density at radius 3 is 2.88 bits per heavy atom. The van der Waals surface area contributed by atoms with E-state index in [1.807, 2.05) is 29.7 Å². The fourth-order valence-corrected chi connectivity index (χ4v) is 4.49. The van der Waals surface area contributed by atoms with Crippen molar-refractivity contribution in [2.45, 2.75) is 31.6 Å². The molecule has 2 N–H and O–H groups in total. The van der Waals surface area contributed by atoms with E-state index in [0.717, 1.165) is 22.8 Å². The van der Waals surface area contributed by atoms with Crippen molar-refractivity contribution in [3.05, 3.63) is 23.3 Å². The third-order valence-electron chi connectivity index (χ3n) is 2.79. The maximum absolute atomic E-state index is 5.73. The van der Waals surface area contributed by atoms with Crippen molar-refractivity contribution in [3.63, 3.8) is 0 Å². The van der Waals surface area contributed by atoms with Crippen molar-refractivity contribution in [3.8, 4) is 0 Å². The van der Waals surface area contributed by atoms with Gasteiger partial charge in [0.05, 0.1) is 10.9 Å². The van der Waals surface area contributed by atoms with Crippen LogP contribution >= 0.6 is 23.5 Å². The smallest absolute Gasteiger partial charge is 0.142 e. The van der Waals surface area contributed by atoms with Gasteiger partial charge in [0.2, 0.25) is 0 Å². The normalized spacial score (nSPS) is 20.8. The SMILES string of the molecule is CC(C)c1nc(C2CSCCS2)ncc1CN. The Bertz CT molecular complexity index is 376. The number of rotatable bonds is 3. The predicted octanol–water partition coefficient (Wildman–Crippen LogP) is 2.58. The monoisotopic (exact) mass is 269 g/mol. The van der Waals surface area contributed by atoms with Gasteiger partial charge in [-0.25, -0.2) is 9.97 Å². The minimum absolute atomic E-state index is 0.413. The average Bonchev–Trinajstić information content (AvgIpc) is 2.39. The van der Waals surface area contributed by atoms with Crippen molar-refractivity contribution in [1.29, 1.82) is 0 Å². The van der Waals surface area contributed by atoms with Gasteiger partial charge in [-0.1, -0.05) is 13.8 Å². The van der Waals surface area contributed by atoms with E-state index in [1.54, 1.807) is 0 Å². The zero-order chi connectivity index (χ0) is 12.3. The fourth-order valence-electron chi connectivity index (χ4n) is 1.88. The summed E-state index contributed by atoms with van der Waals surface area (Å²) in [5, 5.41) is 0.457. The quantitative estimate of drug-likeness (QED) is 0.914. The lowest BCUT2D eigenvalue weighted by Gasteiger charge is -2.21. The van der Waals surface area contributed by atoms with Gasteiger partial charge in [0.1, 0.15) is 5.82 Å². The fraction of sp³-hybridized carbons (Fsp3) is 0.667. The first kappa shape index (κ1) is 13.2. The van der Waals surface area contributed by atoms with Crippen LogP contribution in [0.1, 0.15) is 42.1 Å². The summed E-state index contributed by atoms with van der Waals surface area (Å²) < 4.78 is 0. The Labute approximate surface area is 111 Å². The topological polar surface area (TPSA) is 51.8 Å². The van der Waals surface area contributed by atoms with Gasteiger partial charge in [0.25, 0.3) is 0 Å². The highest BCUT2D eigenvalue weighted by Crippen LogP contribution is 2.35. The largest absolute Gasteiger partial charge is 0.326 e. The number of aromatic nitrogens is 2. The summed E-state index contributed by atoms with van der Waals surface area (Å²) in [6.07, 6.45) is 1.91. The van der Waals surface area contributed by atoms with Gasteiger partial charge in [-0.2, -0.15) is 11.8 Å². The zero-order valence-electron chi connectivity index (χ0n) is 10.3. The summed E-state index contributed by atoms with van der Waals surface area (Å²) in [5.74, 6) is 4.98. The highest BCUT2D eigenvalue weighted by atomic mass is 32.2. The summed E-state index contributed by atoms with van der Waals surface area (Å²) in [5.41, 5.74) is 7.93. The maximum Gasteiger partial charge on any atom is 0.142 e. The molecule has 0 aliphatic carbocycles. The van der Waals surface area contributed by atoms with Crippen LogP contribution in [0.4, 0.5) is 0 Å². The lowest BCUT2D eigenvalue weighted by atomic mass is 10.1. The highest BCUT2D eigenvalue weighted by Gasteiger charge is 2.20. The second kappa shape index (κ2) is 6.07. The van der Waals surface area contributed by atoms with Crippen molar-refractivity contribution in [2.75, 3.05) is 17.3 Å². The van der Waals surface area contributed by atoms with E-state index in [9.17, 15) is 0 Å². The van der Waals surface area contributed by atoms with Gasteiger partial charge >= 0.3 is 0 Å². The Morgan fingerprint density at radius 1 is 1.47 bits per heavy atom. The van der Waals surface area contributed by atoms with E-state index in [1.165, 1.54) is 11.5 Å². The van der Waals surface area contributed by atoms with Crippen LogP contribution in [0.5, 0.6) is 0 Å². The lowest BCUT2D eigenvalue weighted by Crippen LogP contribution is -2.14. The van der Waals surface area contributed by atoms with Crippen LogP contribution in [0.3, 0.4) is 0 Å². The average molecular weight is 269 g/mol. The molecule has 0 bridgehead atoms. The minimum atomic E-state index is 0.413. The molecule has 0 amide bonds. The first-order valence-electron chi connectivity index (χ1n) is 5.97. The molecule has 1 aliphatic heterocycles. The molecule has 1 aliphatic rings. The van der Waals surface area contributed by atoms with Crippen molar-refractivity contribution in [2.24, 2.45) is 5.73 Å². The maximum atomic E-state index is 5.73. The van der Waals surface area contributed by atoms with Crippen LogP contribution < -0.4 is 5.73 Å². The van der Waals surface area contributed by atoms with E-state index in [0.29, 0.717) is 17.7 Å². The Morgan fingerprint density at radius 2 is 2.29 bits per heavy atom. The number of nitrogens with two attached hydrogens (primary N) is 1. The third-order valence-corrected chi connectivity index (χ3v) is 5.54. The van der Waals surface area contributed by atoms with Crippen molar-refractivity contribution >= 4 is 23.5 Å². The molecule has 5 heteroatoms. The first-order chi connectivity index (χ1) is 8.22. The summed E-state index contributed by atoms with van der Waals surface area (Å²) in [7, 11) is 0. The van der Waals surface area contributed by atoms with Crippen molar-refractivity contribution in [1.82, 2.24) is 9.97 Å². The molecule has 1 aromatic rings. The summed E-state index contributed by atoms with van der Waals surface area (Å²) in [4.78, 5) is 9.23. The summed E-state index contributed by atoms with van der Waals surface area (Å²) in [6.45, 7) is 4.85. The van der Waals surface area contributed by atoms with Gasteiger partial charge in [0.15, 0.2) is 0 Å². The molecule has 1 aromatic heterocycles. The number of hydrogen-bond acceptors (Lipinski definition) is 5. The molecule has 1 unspecified atom stereocenters. The van der Waals surface area contributed by atoms with Crippen LogP contribution in [-0.2, 0) is 6.54 Å². The molecule has 2 rings (SSSR count). The zero-order valence-corrected chi connectivity index (χ0v) is 12.0. The van der Waals surface area contributed by atoms with Gasteiger partial charge in [-0.3, -0.25) is 0 Å². The van der Waals surface area contributed by atoms with E-state index in [2.05, 4.69) is 18.8 Å². The van der Waals surface area contributed by atoms with Gasteiger partial charge in [-0.05, 0) is 5.92 Å². The molecule has 0 saturated carbocycles. The standard InChI is InChI=1S/C12H19N3S2/c1-8(2)11-9(5-13)6-14-12(15-11)10-7-16-3-4-17-10/h6,8,10H,3-5,7,13H2,1-2H3. The molecular weight excluding hydrogens is 250 g/mol. The molecule has 0 spiro atoms. The van der Waals surface area contributed by atoms with Crippen LogP contribution in [-0.4, -0.2) is 27.2 Å². The second-order valence-corrected chi connectivity index (χ2v) is 6.89. The van der Waals surface area contributed by atoms with Crippen LogP contribution in [0.25, 0.3) is 0 Å². The molecule has 2 heterocycles. The number of thioether (sulfide) groups is 2. The molecule has 17 heavy (non-hydrogen) atoms. The van der Waals surface area contributed by atoms with Crippen LogP contribution in [0, 0.1) is 0 Å². The summed E-state index contributed by atoms with van der Waals surface area (Å²) in [6, 6.07) is 0. The third kappa shape index (κ3) is 3.14. The molecular formula is C12H19N3S2. The molecule has 1 fully saturated rings. The van der Waals surface area contributed by atoms with Crippen molar-refractivity contribution < 1.29 is 0 Å². The van der Waals surface area contributed by atoms with E-state index in [-0.39, 0.29) is 0 Å². The van der Waals surface area contributed by atoms with E-state index in [4.69, 9.17) is 10.7 Å². The molecule has 3 nitrogen and oxygen atoms in total. The molecule has 0 radical (unpaired) electrons. The summed E-state index contributed by atoms with van der Waals surface area (Å²) >= 11 is 3.97. The van der Waals surface area contributed by atoms with Gasteiger partial charge < -0.3 is 5.73 Å². The van der Waals surface area contributed by atoms with Gasteiger partial charge in [0, 0.05) is 35.6 Å². The predicted molar refractivity (Wildman–Crippen MR) is 76.5 cm³/mol.